The van der Waals surface area contributed by atoms with Crippen molar-refractivity contribution in [3.8, 4) is 0 Å². The average Bonchev–Trinajstić information content (AvgIpc) is 2.97. The highest BCUT2D eigenvalue weighted by atomic mass is 16.2. The zero-order valence-electron chi connectivity index (χ0n) is 9.94. The summed E-state index contributed by atoms with van der Waals surface area (Å²) in [5.74, 6) is 1.12. The van der Waals surface area contributed by atoms with Crippen LogP contribution in [-0.4, -0.2) is 33.7 Å². The summed E-state index contributed by atoms with van der Waals surface area (Å²) in [6, 6.07) is 1.92. The first-order valence-electron chi connectivity index (χ1n) is 6.03. The van der Waals surface area contributed by atoms with Gasteiger partial charge in [-0.2, -0.15) is 5.10 Å². The zero-order chi connectivity index (χ0) is 11.8. The monoisotopic (exact) mass is 232 g/mol. The molecule has 0 aliphatic carbocycles. The maximum Gasteiger partial charge on any atom is 0.253 e. The van der Waals surface area contributed by atoms with Gasteiger partial charge in [0, 0.05) is 24.9 Å². The standard InChI is InChI=1S/C12H16N4O/c1-9-10(12(17)15-6-2-3-7-15)8-16-11(14-9)4-5-13-16/h4-5,14H,2-3,6-8H2,1H3. The van der Waals surface area contributed by atoms with Gasteiger partial charge in [-0.3, -0.25) is 4.79 Å². The summed E-state index contributed by atoms with van der Waals surface area (Å²) in [7, 11) is 0. The molecule has 1 aromatic heterocycles. The molecule has 0 radical (unpaired) electrons. The van der Waals surface area contributed by atoms with E-state index in [0.717, 1.165) is 43.0 Å². The van der Waals surface area contributed by atoms with Gasteiger partial charge in [-0.25, -0.2) is 4.68 Å². The molecule has 0 bridgehead atoms. The first kappa shape index (κ1) is 10.4. The van der Waals surface area contributed by atoms with Crippen molar-refractivity contribution >= 4 is 11.7 Å². The van der Waals surface area contributed by atoms with Gasteiger partial charge >= 0.3 is 0 Å². The summed E-state index contributed by atoms with van der Waals surface area (Å²) in [5, 5.41) is 7.43. The minimum atomic E-state index is 0.161. The molecule has 1 amide bonds. The van der Waals surface area contributed by atoms with Crippen LogP contribution in [0.5, 0.6) is 0 Å². The lowest BCUT2D eigenvalue weighted by atomic mass is 10.1. The Kier molecular flexibility index (Phi) is 2.39. The molecule has 3 heterocycles. The number of likely N-dealkylation sites (tertiary alicyclic amines) is 1. The number of nitrogens with zero attached hydrogens (tertiary/aromatic N) is 3. The highest BCUT2D eigenvalue weighted by Gasteiger charge is 2.26. The Balaban J connectivity index is 1.85. The molecule has 2 aliphatic rings. The molecule has 90 valence electrons. The summed E-state index contributed by atoms with van der Waals surface area (Å²) < 4.78 is 1.83. The van der Waals surface area contributed by atoms with E-state index in [1.165, 1.54) is 0 Å². The normalized spacial score (nSPS) is 19.2. The molecule has 0 atom stereocenters. The Morgan fingerprint density at radius 2 is 2.18 bits per heavy atom. The van der Waals surface area contributed by atoms with E-state index in [9.17, 15) is 4.79 Å². The molecular weight excluding hydrogens is 216 g/mol. The maximum absolute atomic E-state index is 12.3. The van der Waals surface area contributed by atoms with E-state index < -0.39 is 0 Å². The molecule has 0 unspecified atom stereocenters. The second-order valence-corrected chi connectivity index (χ2v) is 4.60. The first-order chi connectivity index (χ1) is 8.25. The molecule has 1 fully saturated rings. The molecule has 0 aromatic carbocycles. The van der Waals surface area contributed by atoms with Gasteiger partial charge in [0.05, 0.1) is 18.3 Å². The second-order valence-electron chi connectivity index (χ2n) is 4.60. The maximum atomic E-state index is 12.3. The number of rotatable bonds is 1. The van der Waals surface area contributed by atoms with Crippen LogP contribution in [0.3, 0.4) is 0 Å². The van der Waals surface area contributed by atoms with Crippen LogP contribution in [0.2, 0.25) is 0 Å². The van der Waals surface area contributed by atoms with Crippen molar-refractivity contribution in [3.63, 3.8) is 0 Å². The summed E-state index contributed by atoms with van der Waals surface area (Å²) in [6.07, 6.45) is 4.00. The largest absolute Gasteiger partial charge is 0.344 e. The number of nitrogens with one attached hydrogen (secondary N) is 1. The van der Waals surface area contributed by atoms with E-state index in [4.69, 9.17) is 0 Å². The predicted molar refractivity (Wildman–Crippen MR) is 64.4 cm³/mol. The molecule has 0 saturated carbocycles. The van der Waals surface area contributed by atoms with E-state index in [2.05, 4.69) is 10.4 Å². The van der Waals surface area contributed by atoms with E-state index in [-0.39, 0.29) is 5.91 Å². The Bertz CT molecular complexity index is 482. The number of carbonyl (C=O) groups is 1. The predicted octanol–water partition coefficient (Wildman–Crippen LogP) is 1.21. The minimum absolute atomic E-state index is 0.161. The van der Waals surface area contributed by atoms with Crippen molar-refractivity contribution in [2.75, 3.05) is 18.4 Å². The Morgan fingerprint density at radius 1 is 1.41 bits per heavy atom. The van der Waals surface area contributed by atoms with Gasteiger partial charge in [-0.1, -0.05) is 0 Å². The number of hydrogen-bond donors (Lipinski definition) is 1. The van der Waals surface area contributed by atoms with Crippen LogP contribution in [0.4, 0.5) is 5.82 Å². The van der Waals surface area contributed by atoms with Gasteiger partial charge in [0.25, 0.3) is 5.91 Å². The fourth-order valence-corrected chi connectivity index (χ4v) is 2.44. The zero-order valence-corrected chi connectivity index (χ0v) is 9.94. The van der Waals surface area contributed by atoms with E-state index in [1.54, 1.807) is 6.20 Å². The Morgan fingerprint density at radius 3 is 2.94 bits per heavy atom. The van der Waals surface area contributed by atoms with Crippen LogP contribution >= 0.6 is 0 Å². The number of amides is 1. The number of allylic oxidation sites excluding steroid dienone is 1. The number of aromatic nitrogens is 2. The molecule has 17 heavy (non-hydrogen) atoms. The molecule has 1 aromatic rings. The van der Waals surface area contributed by atoms with Gasteiger partial charge in [-0.15, -0.1) is 0 Å². The third-order valence-corrected chi connectivity index (χ3v) is 3.44. The third-order valence-electron chi connectivity index (χ3n) is 3.44. The van der Waals surface area contributed by atoms with Crippen molar-refractivity contribution in [2.45, 2.75) is 26.3 Å². The summed E-state index contributed by atoms with van der Waals surface area (Å²) in [5.41, 5.74) is 1.79. The Hall–Kier alpha value is -1.78. The van der Waals surface area contributed by atoms with Crippen LogP contribution in [-0.2, 0) is 11.3 Å². The lowest BCUT2D eigenvalue weighted by Gasteiger charge is -2.24. The fourth-order valence-electron chi connectivity index (χ4n) is 2.44. The van der Waals surface area contributed by atoms with Crippen LogP contribution in [0, 0.1) is 0 Å². The Labute approximate surface area is 100 Å². The van der Waals surface area contributed by atoms with E-state index in [1.807, 2.05) is 22.6 Å². The number of hydrogen-bond acceptors (Lipinski definition) is 3. The number of carbonyl (C=O) groups excluding carboxylic acids is 1. The number of anilines is 1. The second kappa shape index (κ2) is 3.91. The van der Waals surface area contributed by atoms with Gasteiger partial charge in [-0.05, 0) is 19.8 Å². The van der Waals surface area contributed by atoms with E-state index >= 15 is 0 Å². The van der Waals surface area contributed by atoms with Gasteiger partial charge in [0.2, 0.25) is 0 Å². The highest BCUT2D eigenvalue weighted by Crippen LogP contribution is 2.23. The molecule has 5 nitrogen and oxygen atoms in total. The van der Waals surface area contributed by atoms with Gasteiger partial charge in [0.15, 0.2) is 0 Å². The van der Waals surface area contributed by atoms with Crippen molar-refractivity contribution in [3.05, 3.63) is 23.5 Å². The lowest BCUT2D eigenvalue weighted by molar-refractivity contribution is -0.126. The molecule has 5 heteroatoms. The van der Waals surface area contributed by atoms with Crippen LogP contribution in [0.1, 0.15) is 19.8 Å². The number of fused-ring (bicyclic) bond motifs is 1. The van der Waals surface area contributed by atoms with Crippen molar-refractivity contribution < 1.29 is 4.79 Å². The molecule has 3 rings (SSSR count). The third kappa shape index (κ3) is 1.71. The first-order valence-corrected chi connectivity index (χ1v) is 6.03. The SMILES string of the molecule is CC1=C(C(=O)N2CCCC2)Cn2nccc2N1. The van der Waals surface area contributed by atoms with Crippen LogP contribution in [0.15, 0.2) is 23.5 Å². The summed E-state index contributed by atoms with van der Waals surface area (Å²) >= 11 is 0. The smallest absolute Gasteiger partial charge is 0.253 e. The van der Waals surface area contributed by atoms with Gasteiger partial charge in [0.1, 0.15) is 5.82 Å². The molecule has 1 N–H and O–H groups in total. The van der Waals surface area contributed by atoms with Crippen LogP contribution < -0.4 is 5.32 Å². The van der Waals surface area contributed by atoms with Gasteiger partial charge < -0.3 is 10.2 Å². The van der Waals surface area contributed by atoms with Crippen molar-refractivity contribution in [2.24, 2.45) is 0 Å². The highest BCUT2D eigenvalue weighted by molar-refractivity contribution is 5.95. The summed E-state index contributed by atoms with van der Waals surface area (Å²) in [6.45, 7) is 4.32. The summed E-state index contributed by atoms with van der Waals surface area (Å²) in [4.78, 5) is 14.3. The minimum Gasteiger partial charge on any atom is -0.344 e. The average molecular weight is 232 g/mol. The van der Waals surface area contributed by atoms with E-state index in [0.29, 0.717) is 6.54 Å². The topological polar surface area (TPSA) is 50.2 Å². The lowest BCUT2D eigenvalue weighted by Crippen LogP contribution is -2.33. The van der Waals surface area contributed by atoms with Crippen molar-refractivity contribution in [1.82, 2.24) is 14.7 Å². The molecular formula is C12H16N4O. The molecule has 2 aliphatic heterocycles. The van der Waals surface area contributed by atoms with Crippen LogP contribution in [0.25, 0.3) is 0 Å². The fraction of sp³-hybridized carbons (Fsp3) is 0.500. The quantitative estimate of drug-likeness (QED) is 0.791. The molecule has 1 saturated heterocycles. The van der Waals surface area contributed by atoms with Crippen molar-refractivity contribution in [1.29, 1.82) is 0 Å². The molecule has 0 spiro atoms.